The Kier molecular flexibility index (Phi) is 5.74. The number of piperidine rings is 1. The molecule has 1 fully saturated rings. The Morgan fingerprint density at radius 3 is 2.60 bits per heavy atom. The lowest BCUT2D eigenvalue weighted by Gasteiger charge is -2.39. The first kappa shape index (κ1) is 20.0. The maximum atomic E-state index is 13.5. The minimum Gasteiger partial charge on any atom is -0.450 e. The van der Waals surface area contributed by atoms with Crippen molar-refractivity contribution in [3.63, 3.8) is 0 Å². The molecule has 7 nitrogen and oxygen atoms in total. The van der Waals surface area contributed by atoms with Gasteiger partial charge in [-0.25, -0.2) is 9.18 Å². The van der Waals surface area contributed by atoms with Gasteiger partial charge in [-0.3, -0.25) is 0 Å². The third-order valence-electron chi connectivity index (χ3n) is 5.56. The fraction of sp³-hybridized carbons (Fsp3) is 0.364. The van der Waals surface area contributed by atoms with E-state index in [1.165, 1.54) is 16.9 Å². The van der Waals surface area contributed by atoms with Crippen LogP contribution in [0.15, 0.2) is 54.6 Å². The van der Waals surface area contributed by atoms with Crippen molar-refractivity contribution in [3.05, 3.63) is 77.4 Å². The van der Waals surface area contributed by atoms with Crippen LogP contribution in [-0.4, -0.2) is 50.9 Å². The van der Waals surface area contributed by atoms with Crippen LogP contribution in [0.5, 0.6) is 0 Å². The highest BCUT2D eigenvalue weighted by Crippen LogP contribution is 2.39. The number of rotatable bonds is 5. The fourth-order valence-electron chi connectivity index (χ4n) is 3.98. The van der Waals surface area contributed by atoms with Gasteiger partial charge in [0.05, 0.1) is 18.6 Å². The van der Waals surface area contributed by atoms with E-state index in [4.69, 9.17) is 4.74 Å². The Morgan fingerprint density at radius 1 is 1.13 bits per heavy atom. The van der Waals surface area contributed by atoms with Gasteiger partial charge in [-0.05, 0) is 48.2 Å². The predicted octanol–water partition coefficient (Wildman–Crippen LogP) is 3.40. The van der Waals surface area contributed by atoms with Gasteiger partial charge in [0.1, 0.15) is 5.82 Å². The number of aromatic nitrogens is 4. The summed E-state index contributed by atoms with van der Waals surface area (Å²) in [6.07, 6.45) is 1.05. The summed E-state index contributed by atoms with van der Waals surface area (Å²) in [7, 11) is 0. The average Bonchev–Trinajstić information content (AvgIpc) is 3.23. The molecule has 2 heterocycles. The number of benzene rings is 2. The lowest BCUT2D eigenvalue weighted by Crippen LogP contribution is -2.46. The van der Waals surface area contributed by atoms with Crippen molar-refractivity contribution in [1.82, 2.24) is 25.1 Å². The highest BCUT2D eigenvalue weighted by Gasteiger charge is 2.42. The van der Waals surface area contributed by atoms with E-state index in [-0.39, 0.29) is 11.9 Å². The summed E-state index contributed by atoms with van der Waals surface area (Å²) in [6, 6.07) is 16.5. The van der Waals surface area contributed by atoms with E-state index in [9.17, 15) is 9.18 Å². The lowest BCUT2D eigenvalue weighted by atomic mass is 9.72. The molecule has 30 heavy (non-hydrogen) atoms. The zero-order valence-electron chi connectivity index (χ0n) is 16.9. The molecule has 0 atom stereocenters. The summed E-state index contributed by atoms with van der Waals surface area (Å²) >= 11 is 0. The number of ether oxygens (including phenoxy) is 1. The van der Waals surface area contributed by atoms with Gasteiger partial charge in [0.25, 0.3) is 0 Å². The molecule has 0 radical (unpaired) electrons. The molecule has 0 N–H and O–H groups in total. The van der Waals surface area contributed by atoms with Gasteiger partial charge in [0.2, 0.25) is 0 Å². The van der Waals surface area contributed by atoms with Crippen LogP contribution in [0.1, 0.15) is 36.7 Å². The number of hydrogen-bond acceptors (Lipinski definition) is 5. The Morgan fingerprint density at radius 2 is 1.90 bits per heavy atom. The maximum Gasteiger partial charge on any atom is 0.409 e. The number of halogens is 1. The molecule has 1 saturated heterocycles. The smallest absolute Gasteiger partial charge is 0.409 e. The monoisotopic (exact) mass is 409 g/mol. The largest absolute Gasteiger partial charge is 0.450 e. The molecule has 0 bridgehead atoms. The fourth-order valence-corrected chi connectivity index (χ4v) is 3.98. The molecule has 2 aromatic carbocycles. The zero-order valence-corrected chi connectivity index (χ0v) is 16.9. The van der Waals surface area contributed by atoms with E-state index in [1.807, 2.05) is 24.3 Å². The second-order valence-corrected chi connectivity index (χ2v) is 7.41. The number of likely N-dealkylation sites (tertiary alicyclic amines) is 1. The van der Waals surface area contributed by atoms with Crippen LogP contribution in [0.25, 0.3) is 0 Å². The molecule has 0 unspecified atom stereocenters. The van der Waals surface area contributed by atoms with Crippen LogP contribution < -0.4 is 0 Å². The molecular weight excluding hydrogens is 385 g/mol. The van der Waals surface area contributed by atoms with Crippen LogP contribution in [0.2, 0.25) is 0 Å². The molecule has 0 aliphatic carbocycles. The van der Waals surface area contributed by atoms with Crippen LogP contribution in [0.4, 0.5) is 9.18 Å². The number of amides is 1. The van der Waals surface area contributed by atoms with Gasteiger partial charge >= 0.3 is 6.09 Å². The number of carbonyl (C=O) groups excluding carboxylic acids is 1. The van der Waals surface area contributed by atoms with E-state index in [0.29, 0.717) is 44.9 Å². The minimum atomic E-state index is -0.440. The molecule has 0 saturated carbocycles. The Balaban J connectivity index is 1.60. The summed E-state index contributed by atoms with van der Waals surface area (Å²) in [5.41, 5.74) is 1.42. The average molecular weight is 409 g/mol. The van der Waals surface area contributed by atoms with Gasteiger partial charge in [-0.2, -0.15) is 4.80 Å². The summed E-state index contributed by atoms with van der Waals surface area (Å²) in [6.45, 7) is 3.59. The first-order chi connectivity index (χ1) is 14.6. The SMILES string of the molecule is CCOC(=O)N1CCC(c2ccccc2)(c2nnn(Cc3cccc(F)c3)n2)CC1. The van der Waals surface area contributed by atoms with E-state index in [0.717, 1.165) is 11.1 Å². The Hall–Kier alpha value is -3.29. The number of tetrazole rings is 1. The van der Waals surface area contributed by atoms with Gasteiger partial charge < -0.3 is 9.64 Å². The van der Waals surface area contributed by atoms with Crippen LogP contribution in [0, 0.1) is 5.82 Å². The summed E-state index contributed by atoms with van der Waals surface area (Å²) in [5, 5.41) is 13.2. The Bertz CT molecular complexity index is 1000. The summed E-state index contributed by atoms with van der Waals surface area (Å²) in [4.78, 5) is 15.4. The quantitative estimate of drug-likeness (QED) is 0.646. The molecule has 156 valence electrons. The highest BCUT2D eigenvalue weighted by atomic mass is 19.1. The van der Waals surface area contributed by atoms with Gasteiger partial charge in [-0.1, -0.05) is 42.5 Å². The van der Waals surface area contributed by atoms with Gasteiger partial charge in [0.15, 0.2) is 5.82 Å². The van der Waals surface area contributed by atoms with Crippen molar-refractivity contribution in [1.29, 1.82) is 0 Å². The third-order valence-corrected chi connectivity index (χ3v) is 5.56. The standard InChI is InChI=1S/C22H24FN5O2/c1-2-30-21(29)27-13-11-22(12-14-27,18-8-4-3-5-9-18)20-24-26-28(25-20)16-17-7-6-10-19(23)15-17/h3-10,15H,2,11-14,16H2,1H3. The normalized spacial score (nSPS) is 15.7. The molecule has 3 aromatic rings. The van der Waals surface area contributed by atoms with Crippen LogP contribution >= 0.6 is 0 Å². The zero-order chi connectivity index (χ0) is 21.0. The minimum absolute atomic E-state index is 0.290. The molecule has 0 spiro atoms. The highest BCUT2D eigenvalue weighted by molar-refractivity contribution is 5.67. The van der Waals surface area contributed by atoms with E-state index < -0.39 is 5.41 Å². The van der Waals surface area contributed by atoms with Crippen molar-refractivity contribution in [3.8, 4) is 0 Å². The first-order valence-corrected chi connectivity index (χ1v) is 10.1. The van der Waals surface area contributed by atoms with E-state index in [2.05, 4.69) is 27.5 Å². The van der Waals surface area contributed by atoms with Gasteiger partial charge in [0, 0.05) is 13.1 Å². The third kappa shape index (κ3) is 4.03. The second kappa shape index (κ2) is 8.61. The number of hydrogen-bond donors (Lipinski definition) is 0. The van der Waals surface area contributed by atoms with Crippen LogP contribution in [0.3, 0.4) is 0 Å². The summed E-state index contributed by atoms with van der Waals surface area (Å²) < 4.78 is 18.6. The molecule has 1 aliphatic rings. The lowest BCUT2D eigenvalue weighted by molar-refractivity contribution is 0.0897. The first-order valence-electron chi connectivity index (χ1n) is 10.1. The van der Waals surface area contributed by atoms with Gasteiger partial charge in [-0.15, -0.1) is 10.2 Å². The summed E-state index contributed by atoms with van der Waals surface area (Å²) in [5.74, 6) is 0.327. The molecular formula is C22H24FN5O2. The molecule has 8 heteroatoms. The maximum absolute atomic E-state index is 13.5. The number of nitrogens with zero attached hydrogens (tertiary/aromatic N) is 5. The topological polar surface area (TPSA) is 73.1 Å². The molecule has 4 rings (SSSR count). The predicted molar refractivity (Wildman–Crippen MR) is 108 cm³/mol. The van der Waals surface area contributed by atoms with E-state index in [1.54, 1.807) is 17.9 Å². The van der Waals surface area contributed by atoms with Crippen molar-refractivity contribution >= 4 is 6.09 Å². The van der Waals surface area contributed by atoms with E-state index >= 15 is 0 Å². The Labute approximate surface area is 174 Å². The van der Waals surface area contributed by atoms with Crippen molar-refractivity contribution in [2.75, 3.05) is 19.7 Å². The molecule has 1 aromatic heterocycles. The van der Waals surface area contributed by atoms with Crippen LogP contribution in [-0.2, 0) is 16.7 Å². The van der Waals surface area contributed by atoms with Crippen molar-refractivity contribution in [2.45, 2.75) is 31.7 Å². The second-order valence-electron chi connectivity index (χ2n) is 7.41. The van der Waals surface area contributed by atoms with Crippen molar-refractivity contribution in [2.24, 2.45) is 0 Å². The molecule has 1 aliphatic heterocycles. The molecule has 1 amide bonds. The van der Waals surface area contributed by atoms with Crippen molar-refractivity contribution < 1.29 is 13.9 Å². The number of carbonyl (C=O) groups is 1.